The van der Waals surface area contributed by atoms with Gasteiger partial charge in [-0.3, -0.25) is 0 Å². The molecule has 0 fully saturated rings. The molecule has 0 spiro atoms. The molecule has 0 aromatic carbocycles. The van der Waals surface area contributed by atoms with E-state index in [0.717, 1.165) is 11.3 Å². The summed E-state index contributed by atoms with van der Waals surface area (Å²) in [7, 11) is 0. The third kappa shape index (κ3) is 2.48. The first-order chi connectivity index (χ1) is 8.61. The number of hydrogen-bond acceptors (Lipinski definition) is 5. The Labute approximate surface area is 105 Å². The van der Waals surface area contributed by atoms with Crippen molar-refractivity contribution in [1.29, 1.82) is 0 Å². The summed E-state index contributed by atoms with van der Waals surface area (Å²) in [4.78, 5) is 8.54. The van der Waals surface area contributed by atoms with Gasteiger partial charge in [-0.15, -0.1) is 0 Å². The smallest absolute Gasteiger partial charge is 0.159 e. The molecular formula is C12H17N5O. The summed E-state index contributed by atoms with van der Waals surface area (Å²) in [5.41, 5.74) is 7.84. The van der Waals surface area contributed by atoms with Gasteiger partial charge in [-0.2, -0.15) is 9.78 Å². The van der Waals surface area contributed by atoms with Crippen molar-refractivity contribution in [3.8, 4) is 5.82 Å². The highest BCUT2D eigenvalue weighted by Gasteiger charge is 2.10. The molecule has 6 nitrogen and oxygen atoms in total. The highest BCUT2D eigenvalue weighted by molar-refractivity contribution is 5.44. The van der Waals surface area contributed by atoms with Crippen LogP contribution >= 0.6 is 0 Å². The number of aliphatic hydroxyl groups is 1. The van der Waals surface area contributed by atoms with Crippen molar-refractivity contribution in [2.75, 3.05) is 12.3 Å². The van der Waals surface area contributed by atoms with Gasteiger partial charge in [-0.1, -0.05) is 0 Å². The molecule has 0 amide bonds. The van der Waals surface area contributed by atoms with E-state index in [9.17, 15) is 0 Å². The number of nitrogen functional groups attached to an aromatic ring is 1. The minimum absolute atomic E-state index is 0.149. The van der Waals surface area contributed by atoms with E-state index in [1.165, 1.54) is 0 Å². The summed E-state index contributed by atoms with van der Waals surface area (Å²) < 4.78 is 1.61. The van der Waals surface area contributed by atoms with Gasteiger partial charge in [0, 0.05) is 23.9 Å². The molecular weight excluding hydrogens is 230 g/mol. The maximum absolute atomic E-state index is 8.83. The van der Waals surface area contributed by atoms with Gasteiger partial charge < -0.3 is 10.8 Å². The first-order valence-corrected chi connectivity index (χ1v) is 5.87. The van der Waals surface area contributed by atoms with Crippen LogP contribution in [0, 0.1) is 13.8 Å². The second-order valence-corrected chi connectivity index (χ2v) is 4.21. The maximum atomic E-state index is 8.83. The van der Waals surface area contributed by atoms with Crippen LogP contribution in [0.2, 0.25) is 0 Å². The van der Waals surface area contributed by atoms with Gasteiger partial charge in [-0.25, -0.2) is 9.97 Å². The summed E-state index contributed by atoms with van der Waals surface area (Å²) in [5, 5.41) is 13.1. The number of aliphatic hydroxyl groups excluding tert-OH is 1. The fourth-order valence-electron chi connectivity index (χ4n) is 1.84. The Morgan fingerprint density at radius 3 is 2.78 bits per heavy atom. The predicted molar refractivity (Wildman–Crippen MR) is 68.4 cm³/mol. The fourth-order valence-corrected chi connectivity index (χ4v) is 1.84. The largest absolute Gasteiger partial charge is 0.396 e. The second-order valence-electron chi connectivity index (χ2n) is 4.21. The molecule has 96 valence electrons. The molecule has 0 radical (unpaired) electrons. The average Bonchev–Trinajstić information content (AvgIpc) is 2.67. The van der Waals surface area contributed by atoms with Crippen LogP contribution < -0.4 is 5.73 Å². The number of aromatic nitrogens is 4. The molecule has 0 aliphatic rings. The number of nitrogens with two attached hydrogens (primary N) is 1. The zero-order valence-electron chi connectivity index (χ0n) is 10.6. The molecule has 3 N–H and O–H groups in total. The van der Waals surface area contributed by atoms with E-state index in [0.29, 0.717) is 30.3 Å². The molecule has 6 heteroatoms. The Bertz CT molecular complexity index is 529. The second kappa shape index (κ2) is 5.14. The molecule has 0 saturated carbocycles. The van der Waals surface area contributed by atoms with Crippen LogP contribution in [0.25, 0.3) is 5.82 Å². The van der Waals surface area contributed by atoms with Crippen molar-refractivity contribution in [2.45, 2.75) is 26.7 Å². The SMILES string of the molecule is Cc1cc(-n2ncc(CCCO)c2N)nc(C)n1. The van der Waals surface area contributed by atoms with E-state index in [2.05, 4.69) is 15.1 Å². The van der Waals surface area contributed by atoms with E-state index in [1.54, 1.807) is 10.9 Å². The number of rotatable bonds is 4. The van der Waals surface area contributed by atoms with Crippen molar-refractivity contribution in [2.24, 2.45) is 0 Å². The molecule has 2 aromatic heterocycles. The van der Waals surface area contributed by atoms with Crippen LogP contribution in [0.3, 0.4) is 0 Å². The third-order valence-electron chi connectivity index (χ3n) is 2.66. The van der Waals surface area contributed by atoms with E-state index in [1.807, 2.05) is 19.9 Å². The lowest BCUT2D eigenvalue weighted by Gasteiger charge is -2.06. The number of aryl methyl sites for hydroxylation is 3. The molecule has 2 heterocycles. The van der Waals surface area contributed by atoms with Gasteiger partial charge in [0.25, 0.3) is 0 Å². The van der Waals surface area contributed by atoms with E-state index in [-0.39, 0.29) is 6.61 Å². The molecule has 2 aromatic rings. The highest BCUT2D eigenvalue weighted by Crippen LogP contribution is 2.17. The molecule has 0 atom stereocenters. The lowest BCUT2D eigenvalue weighted by Crippen LogP contribution is -2.07. The van der Waals surface area contributed by atoms with Crippen LogP contribution in [-0.2, 0) is 6.42 Å². The number of nitrogens with zero attached hydrogens (tertiary/aromatic N) is 4. The zero-order valence-corrected chi connectivity index (χ0v) is 10.6. The molecule has 0 aliphatic heterocycles. The summed E-state index contributed by atoms with van der Waals surface area (Å²) in [6, 6.07) is 1.84. The molecule has 18 heavy (non-hydrogen) atoms. The quantitative estimate of drug-likeness (QED) is 0.833. The molecule has 0 aliphatic carbocycles. The van der Waals surface area contributed by atoms with Crippen LogP contribution in [0.1, 0.15) is 23.5 Å². The fraction of sp³-hybridized carbons (Fsp3) is 0.417. The van der Waals surface area contributed by atoms with Crippen molar-refractivity contribution in [3.05, 3.63) is 29.3 Å². The van der Waals surface area contributed by atoms with Crippen LogP contribution in [0.5, 0.6) is 0 Å². The van der Waals surface area contributed by atoms with Gasteiger partial charge >= 0.3 is 0 Å². The van der Waals surface area contributed by atoms with Crippen molar-refractivity contribution < 1.29 is 5.11 Å². The number of hydrogen-bond donors (Lipinski definition) is 2. The van der Waals surface area contributed by atoms with Gasteiger partial charge in [0.15, 0.2) is 5.82 Å². The Hall–Kier alpha value is -1.95. The van der Waals surface area contributed by atoms with Gasteiger partial charge in [0.1, 0.15) is 11.6 Å². The van der Waals surface area contributed by atoms with E-state index >= 15 is 0 Å². The van der Waals surface area contributed by atoms with E-state index in [4.69, 9.17) is 10.8 Å². The zero-order chi connectivity index (χ0) is 13.1. The Morgan fingerprint density at radius 1 is 1.33 bits per heavy atom. The van der Waals surface area contributed by atoms with Crippen molar-refractivity contribution >= 4 is 5.82 Å². The Kier molecular flexibility index (Phi) is 3.57. The van der Waals surface area contributed by atoms with Crippen LogP contribution in [-0.4, -0.2) is 31.5 Å². The number of anilines is 1. The summed E-state index contributed by atoms with van der Waals surface area (Å²) in [6.07, 6.45) is 3.11. The van der Waals surface area contributed by atoms with Gasteiger partial charge in [-0.05, 0) is 26.7 Å². The third-order valence-corrected chi connectivity index (χ3v) is 2.66. The summed E-state index contributed by atoms with van der Waals surface area (Å²) in [6.45, 7) is 3.89. The normalized spacial score (nSPS) is 10.8. The molecule has 2 rings (SSSR count). The van der Waals surface area contributed by atoms with Crippen LogP contribution in [0.4, 0.5) is 5.82 Å². The average molecular weight is 247 g/mol. The topological polar surface area (TPSA) is 89.8 Å². The van der Waals surface area contributed by atoms with Gasteiger partial charge in [0.2, 0.25) is 0 Å². The predicted octanol–water partition coefficient (Wildman–Crippen LogP) is 0.786. The maximum Gasteiger partial charge on any atom is 0.159 e. The molecule has 0 unspecified atom stereocenters. The minimum Gasteiger partial charge on any atom is -0.396 e. The minimum atomic E-state index is 0.149. The lowest BCUT2D eigenvalue weighted by molar-refractivity contribution is 0.288. The summed E-state index contributed by atoms with van der Waals surface area (Å²) >= 11 is 0. The van der Waals surface area contributed by atoms with Crippen molar-refractivity contribution in [1.82, 2.24) is 19.7 Å². The monoisotopic (exact) mass is 247 g/mol. The highest BCUT2D eigenvalue weighted by atomic mass is 16.2. The van der Waals surface area contributed by atoms with Crippen LogP contribution in [0.15, 0.2) is 12.3 Å². The molecule has 0 saturated heterocycles. The van der Waals surface area contributed by atoms with E-state index < -0.39 is 0 Å². The first kappa shape index (κ1) is 12.5. The summed E-state index contributed by atoms with van der Waals surface area (Å²) in [5.74, 6) is 1.94. The Balaban J connectivity index is 2.36. The first-order valence-electron chi connectivity index (χ1n) is 5.87. The van der Waals surface area contributed by atoms with Gasteiger partial charge in [0.05, 0.1) is 6.20 Å². The van der Waals surface area contributed by atoms with Crippen molar-refractivity contribution in [3.63, 3.8) is 0 Å². The standard InChI is InChI=1S/C12H17N5O/c1-8-6-11(16-9(2)15-8)17-12(13)10(7-14-17)4-3-5-18/h6-7,18H,3-5,13H2,1-2H3. The Morgan fingerprint density at radius 2 is 2.11 bits per heavy atom. The lowest BCUT2D eigenvalue weighted by atomic mass is 10.2. The molecule has 0 bridgehead atoms.